The van der Waals surface area contributed by atoms with Gasteiger partial charge < -0.3 is 29.0 Å². The largest absolute Gasteiger partial charge is 0.586 e. The molecule has 1 heterocycles. The van der Waals surface area contributed by atoms with Crippen LogP contribution in [0.3, 0.4) is 0 Å². The molecule has 0 radical (unpaired) electrons. The molecule has 2 aromatic carbocycles. The number of hydrogen-bond acceptors (Lipinski definition) is 7. The molecule has 2 aromatic rings. The minimum Gasteiger partial charge on any atom is -0.493 e. The van der Waals surface area contributed by atoms with Crippen LogP contribution in [0.1, 0.15) is 5.56 Å². The van der Waals surface area contributed by atoms with E-state index in [4.69, 9.17) is 14.2 Å². The van der Waals surface area contributed by atoms with E-state index in [0.29, 0.717) is 17.1 Å². The molecular weight excluding hydrogens is 392 g/mol. The molecule has 29 heavy (non-hydrogen) atoms. The highest BCUT2D eigenvalue weighted by Gasteiger charge is 2.43. The Kier molecular flexibility index (Phi) is 5.71. The lowest BCUT2D eigenvalue weighted by Crippen LogP contribution is -2.25. The number of ether oxygens (including phenoxy) is 5. The summed E-state index contributed by atoms with van der Waals surface area (Å²) in [5, 5.41) is 2.42. The monoisotopic (exact) mass is 409 g/mol. The molecule has 0 atom stereocenters. The third kappa shape index (κ3) is 5.03. The summed E-state index contributed by atoms with van der Waals surface area (Å²) in [6.07, 6.45) is -3.82. The number of amides is 1. The molecule has 0 spiro atoms. The molecule has 10 heteroatoms. The molecule has 1 N–H and O–H groups in total. The summed E-state index contributed by atoms with van der Waals surface area (Å²) in [5.74, 6) is -0.643. The highest BCUT2D eigenvalue weighted by molar-refractivity contribution is 5.93. The number of nitrogens with one attached hydrogen (secondary N) is 1. The fourth-order valence-corrected chi connectivity index (χ4v) is 2.58. The Morgan fingerprint density at radius 1 is 1.00 bits per heavy atom. The van der Waals surface area contributed by atoms with Gasteiger partial charge in [0, 0.05) is 11.8 Å². The Hall–Kier alpha value is -3.56. The summed E-state index contributed by atoms with van der Waals surface area (Å²) in [4.78, 5) is 23.9. The number of esters is 1. The lowest BCUT2D eigenvalue weighted by molar-refractivity contribution is -0.286. The van der Waals surface area contributed by atoms with Crippen molar-refractivity contribution in [2.45, 2.75) is 12.7 Å². The van der Waals surface area contributed by atoms with E-state index in [1.165, 1.54) is 32.4 Å². The van der Waals surface area contributed by atoms with Gasteiger partial charge in [-0.05, 0) is 29.8 Å². The van der Waals surface area contributed by atoms with Crippen LogP contribution >= 0.6 is 0 Å². The summed E-state index contributed by atoms with van der Waals surface area (Å²) in [5.41, 5.74) is 0.802. The molecule has 1 amide bonds. The molecule has 8 nitrogen and oxygen atoms in total. The van der Waals surface area contributed by atoms with Gasteiger partial charge in [0.15, 0.2) is 29.6 Å². The lowest BCUT2D eigenvalue weighted by atomic mass is 10.1. The summed E-state index contributed by atoms with van der Waals surface area (Å²) < 4.78 is 49.8. The van der Waals surface area contributed by atoms with E-state index >= 15 is 0 Å². The highest BCUT2D eigenvalue weighted by Crippen LogP contribution is 2.42. The van der Waals surface area contributed by atoms with E-state index < -0.39 is 24.8 Å². The van der Waals surface area contributed by atoms with Crippen LogP contribution in [0.4, 0.5) is 14.5 Å². The number of hydrogen-bond donors (Lipinski definition) is 1. The predicted molar refractivity (Wildman–Crippen MR) is 95.5 cm³/mol. The van der Waals surface area contributed by atoms with Crippen LogP contribution in [0.15, 0.2) is 36.4 Å². The Bertz CT molecular complexity index is 933. The highest BCUT2D eigenvalue weighted by atomic mass is 19.3. The molecule has 0 unspecified atom stereocenters. The molecular formula is C19H17F2NO7. The maximum atomic E-state index is 13.0. The van der Waals surface area contributed by atoms with Crippen LogP contribution in [-0.2, 0) is 20.7 Å². The molecule has 154 valence electrons. The normalized spacial score (nSPS) is 13.5. The molecule has 0 bridgehead atoms. The second kappa shape index (κ2) is 8.21. The first kappa shape index (κ1) is 20.2. The second-order valence-corrected chi connectivity index (χ2v) is 5.90. The number of methoxy groups -OCH3 is 2. The quantitative estimate of drug-likeness (QED) is 0.703. The topological polar surface area (TPSA) is 92.3 Å². The molecule has 0 fully saturated rings. The van der Waals surface area contributed by atoms with E-state index in [2.05, 4.69) is 14.8 Å². The fourth-order valence-electron chi connectivity index (χ4n) is 2.58. The SMILES string of the molecule is COc1ccc(CC(=O)OCC(=O)Nc2ccc3c(c2)OC(F)(F)O3)cc1OC. The zero-order valence-corrected chi connectivity index (χ0v) is 15.5. The van der Waals surface area contributed by atoms with Crippen LogP contribution in [0, 0.1) is 0 Å². The van der Waals surface area contributed by atoms with Gasteiger partial charge in [-0.3, -0.25) is 9.59 Å². The number of halogens is 2. The van der Waals surface area contributed by atoms with Gasteiger partial charge in [0.25, 0.3) is 5.91 Å². The molecule has 0 aliphatic carbocycles. The van der Waals surface area contributed by atoms with E-state index in [1.807, 2.05) is 0 Å². The molecule has 1 aliphatic heterocycles. The number of alkyl halides is 2. The van der Waals surface area contributed by atoms with E-state index in [9.17, 15) is 18.4 Å². The zero-order valence-electron chi connectivity index (χ0n) is 15.5. The molecule has 0 saturated carbocycles. The molecule has 0 saturated heterocycles. The Morgan fingerprint density at radius 2 is 1.72 bits per heavy atom. The Balaban J connectivity index is 1.50. The van der Waals surface area contributed by atoms with Crippen molar-refractivity contribution in [3.05, 3.63) is 42.0 Å². The van der Waals surface area contributed by atoms with Crippen molar-refractivity contribution >= 4 is 17.6 Å². The summed E-state index contributed by atoms with van der Waals surface area (Å²) >= 11 is 0. The van der Waals surface area contributed by atoms with Crippen molar-refractivity contribution in [3.63, 3.8) is 0 Å². The predicted octanol–water partition coefficient (Wildman–Crippen LogP) is 2.75. The third-order valence-corrected chi connectivity index (χ3v) is 3.85. The van der Waals surface area contributed by atoms with Crippen LogP contribution in [0.25, 0.3) is 0 Å². The van der Waals surface area contributed by atoms with Gasteiger partial charge in [-0.1, -0.05) is 6.07 Å². The van der Waals surface area contributed by atoms with Crippen molar-refractivity contribution in [1.29, 1.82) is 0 Å². The summed E-state index contributed by atoms with van der Waals surface area (Å²) in [6, 6.07) is 8.71. The number of carbonyl (C=O) groups excluding carboxylic acids is 2. The minimum absolute atomic E-state index is 0.0766. The van der Waals surface area contributed by atoms with Gasteiger partial charge in [-0.2, -0.15) is 0 Å². The van der Waals surface area contributed by atoms with Gasteiger partial charge >= 0.3 is 12.3 Å². The van der Waals surface area contributed by atoms with Crippen molar-refractivity contribution in [1.82, 2.24) is 0 Å². The first-order valence-electron chi connectivity index (χ1n) is 8.36. The number of rotatable bonds is 7. The number of carbonyl (C=O) groups is 2. The van der Waals surface area contributed by atoms with E-state index in [0.717, 1.165) is 0 Å². The van der Waals surface area contributed by atoms with Crippen LogP contribution in [0.2, 0.25) is 0 Å². The van der Waals surface area contributed by atoms with Gasteiger partial charge in [0.1, 0.15) is 0 Å². The Morgan fingerprint density at radius 3 is 2.45 bits per heavy atom. The number of fused-ring (bicyclic) bond motifs is 1. The Labute approximate surface area is 164 Å². The average molecular weight is 409 g/mol. The smallest absolute Gasteiger partial charge is 0.493 e. The minimum atomic E-state index is -3.75. The number of anilines is 1. The summed E-state index contributed by atoms with van der Waals surface area (Å²) in [6.45, 7) is -0.545. The molecule has 0 aromatic heterocycles. The standard InChI is InChI=1S/C19H17F2NO7/c1-25-13-5-3-11(7-15(13)26-2)8-18(24)27-10-17(23)22-12-4-6-14-16(9-12)29-19(20,21)28-14/h3-7,9H,8,10H2,1-2H3,(H,22,23). The van der Waals surface area contributed by atoms with Crippen molar-refractivity contribution in [2.24, 2.45) is 0 Å². The zero-order chi connectivity index (χ0) is 21.0. The van der Waals surface area contributed by atoms with Crippen molar-refractivity contribution in [3.8, 4) is 23.0 Å². The molecule has 1 aliphatic rings. The van der Waals surface area contributed by atoms with Crippen LogP contribution in [0.5, 0.6) is 23.0 Å². The maximum absolute atomic E-state index is 13.0. The van der Waals surface area contributed by atoms with E-state index in [-0.39, 0.29) is 23.6 Å². The summed E-state index contributed by atoms with van der Waals surface area (Å²) in [7, 11) is 2.97. The first-order valence-corrected chi connectivity index (χ1v) is 8.36. The van der Waals surface area contributed by atoms with Crippen LogP contribution in [-0.4, -0.2) is 39.0 Å². The number of benzene rings is 2. The van der Waals surface area contributed by atoms with Crippen LogP contribution < -0.4 is 24.3 Å². The first-order chi connectivity index (χ1) is 13.8. The third-order valence-electron chi connectivity index (χ3n) is 3.85. The van der Waals surface area contributed by atoms with Crippen molar-refractivity contribution < 1.29 is 42.1 Å². The second-order valence-electron chi connectivity index (χ2n) is 5.90. The average Bonchev–Trinajstić information content (AvgIpc) is 2.99. The van der Waals surface area contributed by atoms with Gasteiger partial charge in [-0.25, -0.2) is 0 Å². The van der Waals surface area contributed by atoms with Gasteiger partial charge in [-0.15, -0.1) is 8.78 Å². The fraction of sp³-hybridized carbons (Fsp3) is 0.263. The van der Waals surface area contributed by atoms with Crippen molar-refractivity contribution in [2.75, 3.05) is 26.1 Å². The lowest BCUT2D eigenvalue weighted by Gasteiger charge is -2.10. The van der Waals surface area contributed by atoms with Gasteiger partial charge in [0.2, 0.25) is 0 Å². The van der Waals surface area contributed by atoms with Gasteiger partial charge in [0.05, 0.1) is 20.6 Å². The molecule has 3 rings (SSSR count). The van der Waals surface area contributed by atoms with E-state index in [1.54, 1.807) is 18.2 Å². The maximum Gasteiger partial charge on any atom is 0.586 e.